The molecule has 4 nitrogen and oxygen atoms in total. The van der Waals surface area contributed by atoms with Crippen molar-refractivity contribution in [3.8, 4) is 0 Å². The Morgan fingerprint density at radius 3 is 2.84 bits per heavy atom. The van der Waals surface area contributed by atoms with Gasteiger partial charge in [-0.15, -0.1) is 0 Å². The van der Waals surface area contributed by atoms with E-state index in [0.29, 0.717) is 0 Å². The third kappa shape index (κ3) is 2.85. The lowest BCUT2D eigenvalue weighted by Gasteiger charge is -2.19. The highest BCUT2D eigenvalue weighted by atomic mass is 15.2. The van der Waals surface area contributed by atoms with E-state index >= 15 is 0 Å². The molecule has 102 valence electrons. The first kappa shape index (κ1) is 13.8. The van der Waals surface area contributed by atoms with Crippen molar-refractivity contribution in [1.29, 1.82) is 0 Å². The minimum atomic E-state index is 0.0904. The summed E-state index contributed by atoms with van der Waals surface area (Å²) >= 11 is 0. The standard InChI is InChI=1S/C15H22N4/c1-4-19-9-8-17-15(19)10-14(18-16)13-7-5-6-11(2)12(13)3/h5-9,14,18H,4,10,16H2,1-3H3. The second-order valence-electron chi connectivity index (χ2n) is 4.84. The molecule has 0 saturated carbocycles. The number of aryl methyl sites for hydroxylation is 2. The Hall–Kier alpha value is -1.65. The molecule has 0 spiro atoms. The number of hydrogen-bond acceptors (Lipinski definition) is 3. The summed E-state index contributed by atoms with van der Waals surface area (Å²) in [6, 6.07) is 6.42. The van der Waals surface area contributed by atoms with E-state index in [2.05, 4.69) is 53.9 Å². The molecule has 1 aromatic carbocycles. The van der Waals surface area contributed by atoms with Gasteiger partial charge in [0, 0.05) is 25.4 Å². The largest absolute Gasteiger partial charge is 0.335 e. The van der Waals surface area contributed by atoms with Crippen LogP contribution in [0.1, 0.15) is 35.5 Å². The zero-order valence-corrected chi connectivity index (χ0v) is 11.9. The molecule has 2 rings (SSSR count). The van der Waals surface area contributed by atoms with E-state index in [1.54, 1.807) is 0 Å². The van der Waals surface area contributed by atoms with Gasteiger partial charge in [-0.1, -0.05) is 18.2 Å². The molecule has 2 aromatic rings. The lowest BCUT2D eigenvalue weighted by Crippen LogP contribution is -2.31. The number of nitrogens with two attached hydrogens (primary N) is 1. The van der Waals surface area contributed by atoms with Crippen LogP contribution in [0.3, 0.4) is 0 Å². The maximum atomic E-state index is 5.74. The normalized spacial score (nSPS) is 12.6. The van der Waals surface area contributed by atoms with Gasteiger partial charge in [-0.05, 0) is 37.5 Å². The predicted octanol–water partition coefficient (Wildman–Crippen LogP) is 2.27. The Labute approximate surface area is 114 Å². The van der Waals surface area contributed by atoms with Crippen molar-refractivity contribution in [2.24, 2.45) is 5.84 Å². The van der Waals surface area contributed by atoms with Gasteiger partial charge in [-0.25, -0.2) is 4.98 Å². The fourth-order valence-electron chi connectivity index (χ4n) is 2.41. The first-order chi connectivity index (χ1) is 9.17. The second-order valence-corrected chi connectivity index (χ2v) is 4.84. The van der Waals surface area contributed by atoms with E-state index in [1.807, 2.05) is 12.4 Å². The van der Waals surface area contributed by atoms with Crippen molar-refractivity contribution >= 4 is 0 Å². The highest BCUT2D eigenvalue weighted by Gasteiger charge is 2.16. The minimum Gasteiger partial charge on any atom is -0.335 e. The fourth-order valence-corrected chi connectivity index (χ4v) is 2.41. The Balaban J connectivity index is 2.28. The van der Waals surface area contributed by atoms with Gasteiger partial charge in [0.25, 0.3) is 0 Å². The molecular formula is C15H22N4. The van der Waals surface area contributed by atoms with Crippen molar-refractivity contribution in [1.82, 2.24) is 15.0 Å². The molecule has 0 amide bonds. The van der Waals surface area contributed by atoms with E-state index in [1.165, 1.54) is 16.7 Å². The summed E-state index contributed by atoms with van der Waals surface area (Å²) in [5.41, 5.74) is 6.75. The van der Waals surface area contributed by atoms with Crippen molar-refractivity contribution in [3.63, 3.8) is 0 Å². The maximum Gasteiger partial charge on any atom is 0.110 e. The van der Waals surface area contributed by atoms with E-state index < -0.39 is 0 Å². The highest BCUT2D eigenvalue weighted by Crippen LogP contribution is 2.22. The third-order valence-electron chi connectivity index (χ3n) is 3.75. The Kier molecular flexibility index (Phi) is 4.35. The second kappa shape index (κ2) is 5.99. The molecule has 1 aromatic heterocycles. The molecule has 0 bridgehead atoms. The summed E-state index contributed by atoms with van der Waals surface area (Å²) in [7, 11) is 0. The summed E-state index contributed by atoms with van der Waals surface area (Å²) in [6.45, 7) is 7.31. The first-order valence-corrected chi connectivity index (χ1v) is 6.69. The number of aromatic nitrogens is 2. The molecule has 3 N–H and O–H groups in total. The van der Waals surface area contributed by atoms with Crippen LogP contribution >= 0.6 is 0 Å². The molecule has 19 heavy (non-hydrogen) atoms. The van der Waals surface area contributed by atoms with E-state index in [-0.39, 0.29) is 6.04 Å². The van der Waals surface area contributed by atoms with Crippen molar-refractivity contribution in [2.45, 2.75) is 39.8 Å². The van der Waals surface area contributed by atoms with Gasteiger partial charge in [-0.3, -0.25) is 11.3 Å². The predicted molar refractivity (Wildman–Crippen MR) is 77.6 cm³/mol. The molecule has 0 radical (unpaired) electrons. The lowest BCUT2D eigenvalue weighted by molar-refractivity contribution is 0.521. The van der Waals surface area contributed by atoms with Crippen LogP contribution in [0.4, 0.5) is 0 Å². The fraction of sp³-hybridized carbons (Fsp3) is 0.400. The minimum absolute atomic E-state index is 0.0904. The van der Waals surface area contributed by atoms with Crippen LogP contribution in [0.25, 0.3) is 0 Å². The Morgan fingerprint density at radius 2 is 2.16 bits per heavy atom. The molecule has 4 heteroatoms. The molecule has 0 saturated heterocycles. The molecule has 1 heterocycles. The summed E-state index contributed by atoms with van der Waals surface area (Å²) in [5, 5.41) is 0. The summed E-state index contributed by atoms with van der Waals surface area (Å²) in [5.74, 6) is 6.81. The zero-order valence-electron chi connectivity index (χ0n) is 11.9. The van der Waals surface area contributed by atoms with Gasteiger partial charge >= 0.3 is 0 Å². The number of rotatable bonds is 5. The molecule has 1 atom stereocenters. The quantitative estimate of drug-likeness (QED) is 0.639. The SMILES string of the molecule is CCn1ccnc1CC(NN)c1cccc(C)c1C. The van der Waals surface area contributed by atoms with Crippen LogP contribution in [0, 0.1) is 13.8 Å². The molecule has 0 fully saturated rings. The zero-order chi connectivity index (χ0) is 13.8. The number of hydrazine groups is 1. The number of nitrogens with one attached hydrogen (secondary N) is 1. The number of imidazole rings is 1. The van der Waals surface area contributed by atoms with Crippen LogP contribution in [0.15, 0.2) is 30.6 Å². The number of benzene rings is 1. The van der Waals surface area contributed by atoms with E-state index in [0.717, 1.165) is 18.8 Å². The Morgan fingerprint density at radius 1 is 1.37 bits per heavy atom. The van der Waals surface area contributed by atoms with Crippen LogP contribution in [0.2, 0.25) is 0 Å². The number of hydrogen-bond donors (Lipinski definition) is 2. The first-order valence-electron chi connectivity index (χ1n) is 6.69. The van der Waals surface area contributed by atoms with Crippen LogP contribution in [-0.2, 0) is 13.0 Å². The third-order valence-corrected chi connectivity index (χ3v) is 3.75. The van der Waals surface area contributed by atoms with E-state index in [4.69, 9.17) is 5.84 Å². The van der Waals surface area contributed by atoms with Crippen LogP contribution in [-0.4, -0.2) is 9.55 Å². The van der Waals surface area contributed by atoms with Crippen molar-refractivity contribution in [3.05, 3.63) is 53.1 Å². The molecular weight excluding hydrogens is 236 g/mol. The number of nitrogens with zero attached hydrogens (tertiary/aromatic N) is 2. The van der Waals surface area contributed by atoms with E-state index in [9.17, 15) is 0 Å². The van der Waals surface area contributed by atoms with Gasteiger partial charge in [0.1, 0.15) is 5.82 Å². The van der Waals surface area contributed by atoms with Crippen molar-refractivity contribution < 1.29 is 0 Å². The summed E-state index contributed by atoms with van der Waals surface area (Å²) in [4.78, 5) is 4.42. The molecule has 0 aliphatic heterocycles. The van der Waals surface area contributed by atoms with Crippen molar-refractivity contribution in [2.75, 3.05) is 0 Å². The molecule has 0 aliphatic carbocycles. The van der Waals surface area contributed by atoms with Gasteiger partial charge in [0.15, 0.2) is 0 Å². The topological polar surface area (TPSA) is 55.9 Å². The Bertz CT molecular complexity index is 545. The van der Waals surface area contributed by atoms with Gasteiger partial charge < -0.3 is 4.57 Å². The van der Waals surface area contributed by atoms with Gasteiger partial charge in [0.2, 0.25) is 0 Å². The maximum absolute atomic E-state index is 5.74. The monoisotopic (exact) mass is 258 g/mol. The van der Waals surface area contributed by atoms with Gasteiger partial charge in [-0.2, -0.15) is 0 Å². The lowest BCUT2D eigenvalue weighted by atomic mass is 9.96. The molecule has 1 unspecified atom stereocenters. The molecule has 0 aliphatic rings. The van der Waals surface area contributed by atoms with Gasteiger partial charge in [0.05, 0.1) is 6.04 Å². The highest BCUT2D eigenvalue weighted by molar-refractivity contribution is 5.35. The average molecular weight is 258 g/mol. The average Bonchev–Trinajstić information content (AvgIpc) is 2.87. The van der Waals surface area contributed by atoms with Crippen LogP contribution < -0.4 is 11.3 Å². The summed E-state index contributed by atoms with van der Waals surface area (Å²) < 4.78 is 2.15. The van der Waals surface area contributed by atoms with Crippen LogP contribution in [0.5, 0.6) is 0 Å². The smallest absolute Gasteiger partial charge is 0.110 e. The summed E-state index contributed by atoms with van der Waals surface area (Å²) in [6.07, 6.45) is 4.64.